The Morgan fingerprint density at radius 2 is 1.78 bits per heavy atom. The van der Waals surface area contributed by atoms with Gasteiger partial charge in [0.1, 0.15) is 0 Å². The molecule has 4 nitrogen and oxygen atoms in total. The van der Waals surface area contributed by atoms with E-state index in [0.29, 0.717) is 0 Å². The van der Waals surface area contributed by atoms with Crippen LogP contribution in [0.15, 0.2) is 24.3 Å². The van der Waals surface area contributed by atoms with Crippen LogP contribution in [0.1, 0.15) is 32.4 Å². The van der Waals surface area contributed by atoms with Gasteiger partial charge in [0.2, 0.25) is 5.91 Å². The topological polar surface area (TPSA) is 75.4 Å². The number of halogens is 1. The minimum atomic E-state index is -0.568. The Labute approximate surface area is 114 Å². The van der Waals surface area contributed by atoms with Crippen LogP contribution in [0.25, 0.3) is 0 Å². The van der Waals surface area contributed by atoms with Crippen molar-refractivity contribution < 1.29 is 9.90 Å². The number of nitrogens with two attached hydrogens (primary N) is 1. The summed E-state index contributed by atoms with van der Waals surface area (Å²) < 4.78 is 0. The molecule has 0 saturated carbocycles. The Kier molecular flexibility index (Phi) is 6.91. The number of amides is 1. The average Bonchev–Trinajstić information content (AvgIpc) is 2.27. The van der Waals surface area contributed by atoms with Crippen LogP contribution in [0.4, 0.5) is 5.69 Å². The number of aliphatic hydroxyl groups is 1. The van der Waals surface area contributed by atoms with E-state index >= 15 is 0 Å². The molecule has 0 spiro atoms. The maximum atomic E-state index is 10.9. The van der Waals surface area contributed by atoms with Crippen molar-refractivity contribution in [3.05, 3.63) is 29.8 Å². The van der Waals surface area contributed by atoms with Crippen molar-refractivity contribution in [2.75, 3.05) is 5.32 Å². The minimum absolute atomic E-state index is 0. The first-order valence-corrected chi connectivity index (χ1v) is 5.73. The number of carbonyl (C=O) groups excluding carboxylic acids is 1. The molecule has 2 atom stereocenters. The molecule has 0 bridgehead atoms. The van der Waals surface area contributed by atoms with E-state index in [9.17, 15) is 9.90 Å². The maximum absolute atomic E-state index is 10.9. The van der Waals surface area contributed by atoms with Crippen molar-refractivity contribution in [2.45, 2.75) is 32.9 Å². The number of carbonyl (C=O) groups is 1. The lowest BCUT2D eigenvalue weighted by atomic mass is 9.94. The fourth-order valence-corrected chi connectivity index (χ4v) is 1.60. The average molecular weight is 273 g/mol. The zero-order valence-electron chi connectivity index (χ0n) is 10.9. The summed E-state index contributed by atoms with van der Waals surface area (Å²) in [5.74, 6) is 0.00397. The highest BCUT2D eigenvalue weighted by molar-refractivity contribution is 5.88. The molecule has 1 rings (SSSR count). The molecule has 0 fully saturated rings. The van der Waals surface area contributed by atoms with Crippen LogP contribution in [0.2, 0.25) is 0 Å². The van der Waals surface area contributed by atoms with E-state index in [4.69, 9.17) is 5.73 Å². The molecule has 5 heteroatoms. The largest absolute Gasteiger partial charge is 0.391 e. The van der Waals surface area contributed by atoms with Crippen molar-refractivity contribution in [3.63, 3.8) is 0 Å². The van der Waals surface area contributed by atoms with Gasteiger partial charge in [-0.1, -0.05) is 26.0 Å². The highest BCUT2D eigenvalue weighted by Gasteiger charge is 2.19. The third kappa shape index (κ3) is 4.64. The number of aliphatic hydroxyl groups excluding tert-OH is 1. The summed E-state index contributed by atoms with van der Waals surface area (Å²) >= 11 is 0. The molecule has 0 radical (unpaired) electrons. The van der Waals surface area contributed by atoms with Gasteiger partial charge in [0.05, 0.1) is 12.1 Å². The molecule has 0 aliphatic heterocycles. The van der Waals surface area contributed by atoms with E-state index in [0.717, 1.165) is 11.3 Å². The number of rotatable bonds is 4. The maximum Gasteiger partial charge on any atom is 0.221 e. The van der Waals surface area contributed by atoms with Crippen LogP contribution in [0, 0.1) is 5.92 Å². The number of hydrogen-bond donors (Lipinski definition) is 3. The van der Waals surface area contributed by atoms with Crippen LogP contribution in [-0.4, -0.2) is 17.1 Å². The number of nitrogens with one attached hydrogen (secondary N) is 1. The molecule has 1 aromatic rings. The van der Waals surface area contributed by atoms with E-state index in [1.807, 2.05) is 26.0 Å². The lowest BCUT2D eigenvalue weighted by molar-refractivity contribution is -0.114. The minimum Gasteiger partial charge on any atom is -0.391 e. The molecular formula is C13H21ClN2O2. The first-order valence-electron chi connectivity index (χ1n) is 5.73. The molecule has 1 amide bonds. The fourth-order valence-electron chi connectivity index (χ4n) is 1.60. The summed E-state index contributed by atoms with van der Waals surface area (Å²) in [6, 6.07) is 6.80. The van der Waals surface area contributed by atoms with E-state index in [1.54, 1.807) is 12.1 Å². The monoisotopic (exact) mass is 272 g/mol. The Morgan fingerprint density at radius 3 is 2.17 bits per heavy atom. The summed E-state index contributed by atoms with van der Waals surface area (Å²) in [5, 5.41) is 12.5. The standard InChI is InChI=1S/C13H20N2O2.ClH/c1-8(2)13(17)12(14)10-4-6-11(7-5-10)15-9(3)16;/h4-8,12-13,17H,14H2,1-3H3,(H,15,16);1H/t12-,13+;/m0./s1. The van der Waals surface area contributed by atoms with Crippen molar-refractivity contribution in [1.82, 2.24) is 0 Å². The van der Waals surface area contributed by atoms with Gasteiger partial charge >= 0.3 is 0 Å². The summed E-state index contributed by atoms with van der Waals surface area (Å²) in [6.07, 6.45) is -0.568. The van der Waals surface area contributed by atoms with Crippen LogP contribution in [0.3, 0.4) is 0 Å². The molecule has 0 aromatic heterocycles. The van der Waals surface area contributed by atoms with Crippen LogP contribution in [0.5, 0.6) is 0 Å². The number of benzene rings is 1. The van der Waals surface area contributed by atoms with Gasteiger partial charge in [-0.3, -0.25) is 4.79 Å². The predicted molar refractivity (Wildman–Crippen MR) is 75.8 cm³/mol. The molecular weight excluding hydrogens is 252 g/mol. The van der Waals surface area contributed by atoms with Gasteiger partial charge in [-0.25, -0.2) is 0 Å². The van der Waals surface area contributed by atoms with E-state index in [-0.39, 0.29) is 24.2 Å². The molecule has 4 N–H and O–H groups in total. The van der Waals surface area contributed by atoms with Crippen molar-refractivity contribution in [1.29, 1.82) is 0 Å². The second kappa shape index (κ2) is 7.36. The van der Waals surface area contributed by atoms with Crippen LogP contribution in [-0.2, 0) is 4.79 Å². The van der Waals surface area contributed by atoms with Gasteiger partial charge in [0, 0.05) is 12.6 Å². The molecule has 102 valence electrons. The van der Waals surface area contributed by atoms with Gasteiger partial charge in [0.25, 0.3) is 0 Å². The zero-order chi connectivity index (χ0) is 13.0. The number of hydrogen-bond acceptors (Lipinski definition) is 3. The van der Waals surface area contributed by atoms with E-state index < -0.39 is 12.1 Å². The van der Waals surface area contributed by atoms with Gasteiger partial charge in [-0.05, 0) is 23.6 Å². The molecule has 0 aliphatic carbocycles. The van der Waals surface area contributed by atoms with Crippen molar-refractivity contribution in [2.24, 2.45) is 11.7 Å². The molecule has 18 heavy (non-hydrogen) atoms. The molecule has 0 saturated heterocycles. The number of anilines is 1. The molecule has 0 heterocycles. The van der Waals surface area contributed by atoms with Crippen LogP contribution < -0.4 is 11.1 Å². The van der Waals surface area contributed by atoms with E-state index in [2.05, 4.69) is 5.32 Å². The van der Waals surface area contributed by atoms with Gasteiger partial charge in [-0.2, -0.15) is 0 Å². The Hall–Kier alpha value is -1.10. The summed E-state index contributed by atoms with van der Waals surface area (Å²) in [7, 11) is 0. The van der Waals surface area contributed by atoms with Gasteiger partial charge in [-0.15, -0.1) is 12.4 Å². The lowest BCUT2D eigenvalue weighted by Gasteiger charge is -2.22. The third-order valence-corrected chi connectivity index (χ3v) is 2.67. The first kappa shape index (κ1) is 16.9. The van der Waals surface area contributed by atoms with Crippen molar-refractivity contribution in [3.8, 4) is 0 Å². The van der Waals surface area contributed by atoms with Crippen LogP contribution >= 0.6 is 12.4 Å². The molecule has 0 aliphatic rings. The van der Waals surface area contributed by atoms with Crippen molar-refractivity contribution >= 4 is 24.0 Å². The highest BCUT2D eigenvalue weighted by atomic mass is 35.5. The first-order chi connectivity index (χ1) is 7.91. The van der Waals surface area contributed by atoms with E-state index in [1.165, 1.54) is 6.92 Å². The summed E-state index contributed by atoms with van der Waals surface area (Å²) in [5.41, 5.74) is 7.54. The van der Waals surface area contributed by atoms with Gasteiger partial charge in [0.15, 0.2) is 0 Å². The fraction of sp³-hybridized carbons (Fsp3) is 0.462. The van der Waals surface area contributed by atoms with Gasteiger partial charge < -0.3 is 16.2 Å². The second-order valence-corrected chi connectivity index (χ2v) is 4.56. The normalized spacial score (nSPS) is 13.7. The predicted octanol–water partition coefficient (Wildman–Crippen LogP) is 2.08. The Balaban J connectivity index is 0.00000289. The zero-order valence-corrected chi connectivity index (χ0v) is 11.7. The Bertz CT molecular complexity index is 379. The Morgan fingerprint density at radius 1 is 1.28 bits per heavy atom. The molecule has 1 aromatic carbocycles. The summed E-state index contributed by atoms with van der Waals surface area (Å²) in [6.45, 7) is 5.31. The second-order valence-electron chi connectivity index (χ2n) is 4.56. The SMILES string of the molecule is CC(=O)Nc1ccc([C@H](N)[C@H](O)C(C)C)cc1.Cl. The summed E-state index contributed by atoms with van der Waals surface area (Å²) in [4.78, 5) is 10.9. The third-order valence-electron chi connectivity index (χ3n) is 2.67. The molecule has 0 unspecified atom stereocenters. The highest BCUT2D eigenvalue weighted by Crippen LogP contribution is 2.21. The lowest BCUT2D eigenvalue weighted by Crippen LogP contribution is -2.30. The quantitative estimate of drug-likeness (QED) is 0.786. The smallest absolute Gasteiger partial charge is 0.221 e.